The summed E-state index contributed by atoms with van der Waals surface area (Å²) in [6.07, 6.45) is 3.28. The Balaban J connectivity index is 2.35. The molecule has 1 rings (SSSR count). The van der Waals surface area contributed by atoms with Crippen molar-refractivity contribution < 1.29 is 4.79 Å². The largest absolute Gasteiger partial charge is 0.350 e. The van der Waals surface area contributed by atoms with Crippen LogP contribution in [0.4, 0.5) is 0 Å². The maximum atomic E-state index is 12.1. The molecule has 1 heterocycles. The minimum Gasteiger partial charge on any atom is -0.350 e. The molecule has 0 aromatic heterocycles. The highest BCUT2D eigenvalue weighted by Gasteiger charge is 2.27. The Morgan fingerprint density at radius 2 is 2.05 bits per heavy atom. The van der Waals surface area contributed by atoms with E-state index in [4.69, 9.17) is 0 Å². The molecule has 1 aliphatic heterocycles. The minimum absolute atomic E-state index is 0.0935. The van der Waals surface area contributed by atoms with Crippen LogP contribution in [-0.2, 0) is 4.79 Å². The van der Waals surface area contributed by atoms with Crippen LogP contribution in [0.2, 0.25) is 0 Å². The second-order valence-electron chi connectivity index (χ2n) is 6.85. The molecule has 1 saturated heterocycles. The molecule has 0 aromatic rings. The normalized spacial score (nSPS) is 24.6. The Bertz CT molecular complexity index is 304. The average molecular weight is 283 g/mol. The topological polar surface area (TPSA) is 44.4 Å². The molecule has 0 aliphatic carbocycles. The van der Waals surface area contributed by atoms with Gasteiger partial charge in [0.05, 0.1) is 6.54 Å². The van der Waals surface area contributed by atoms with Crippen LogP contribution in [0.25, 0.3) is 0 Å². The van der Waals surface area contributed by atoms with Gasteiger partial charge >= 0.3 is 0 Å². The first-order chi connectivity index (χ1) is 9.38. The van der Waals surface area contributed by atoms with Crippen molar-refractivity contribution in [2.24, 2.45) is 5.92 Å². The second-order valence-corrected chi connectivity index (χ2v) is 6.85. The molecule has 0 bridgehead atoms. The third-order valence-electron chi connectivity index (χ3n) is 4.37. The third kappa shape index (κ3) is 5.80. The lowest BCUT2D eigenvalue weighted by atomic mass is 9.93. The number of nitrogens with one attached hydrogen (secondary N) is 2. The van der Waals surface area contributed by atoms with E-state index >= 15 is 0 Å². The summed E-state index contributed by atoms with van der Waals surface area (Å²) >= 11 is 0. The molecule has 0 radical (unpaired) electrons. The van der Waals surface area contributed by atoms with E-state index in [0.29, 0.717) is 18.5 Å². The van der Waals surface area contributed by atoms with Gasteiger partial charge in [-0.15, -0.1) is 0 Å². The average Bonchev–Trinajstić information content (AvgIpc) is 2.37. The van der Waals surface area contributed by atoms with E-state index in [1.165, 1.54) is 6.42 Å². The zero-order valence-corrected chi connectivity index (χ0v) is 14.0. The summed E-state index contributed by atoms with van der Waals surface area (Å²) in [5.74, 6) is 0.770. The summed E-state index contributed by atoms with van der Waals surface area (Å²) in [6.45, 7) is 14.4. The number of rotatable bonds is 7. The van der Waals surface area contributed by atoms with Crippen LogP contribution in [0.5, 0.6) is 0 Å². The molecule has 2 N–H and O–H groups in total. The molecule has 2 atom stereocenters. The van der Waals surface area contributed by atoms with E-state index < -0.39 is 0 Å². The Labute approximate surface area is 124 Å². The fourth-order valence-electron chi connectivity index (χ4n) is 2.72. The first kappa shape index (κ1) is 17.4. The number of likely N-dealkylation sites (tertiary alicyclic amines) is 1. The molecule has 2 unspecified atom stereocenters. The smallest absolute Gasteiger partial charge is 0.234 e. The molecule has 0 spiro atoms. The van der Waals surface area contributed by atoms with Crippen LogP contribution in [0.3, 0.4) is 0 Å². The highest BCUT2D eigenvalue weighted by atomic mass is 16.2. The van der Waals surface area contributed by atoms with Crippen LogP contribution in [0, 0.1) is 5.92 Å². The molecular formula is C16H33N3O. The SMILES string of the molecule is CCCNC1CCN(CC(=O)NC(C)(C)CC)CC1C. The van der Waals surface area contributed by atoms with Crippen molar-refractivity contribution in [3.8, 4) is 0 Å². The zero-order valence-electron chi connectivity index (χ0n) is 14.0. The first-order valence-electron chi connectivity index (χ1n) is 8.14. The van der Waals surface area contributed by atoms with Gasteiger partial charge in [0.1, 0.15) is 0 Å². The number of carbonyl (C=O) groups is 1. The predicted molar refractivity (Wildman–Crippen MR) is 84.8 cm³/mol. The fourth-order valence-corrected chi connectivity index (χ4v) is 2.72. The summed E-state index contributed by atoms with van der Waals surface area (Å²) in [4.78, 5) is 14.4. The van der Waals surface area contributed by atoms with Gasteiger partial charge in [-0.25, -0.2) is 0 Å². The Kier molecular flexibility index (Phi) is 6.96. The van der Waals surface area contributed by atoms with Gasteiger partial charge in [0.15, 0.2) is 0 Å². The van der Waals surface area contributed by atoms with Gasteiger partial charge < -0.3 is 10.6 Å². The lowest BCUT2D eigenvalue weighted by Gasteiger charge is -2.37. The van der Waals surface area contributed by atoms with Crippen LogP contribution in [0.15, 0.2) is 0 Å². The number of amides is 1. The highest BCUT2D eigenvalue weighted by Crippen LogP contribution is 2.16. The zero-order chi connectivity index (χ0) is 15.2. The molecule has 4 heteroatoms. The molecular weight excluding hydrogens is 250 g/mol. The van der Waals surface area contributed by atoms with Crippen LogP contribution >= 0.6 is 0 Å². The van der Waals surface area contributed by atoms with E-state index in [9.17, 15) is 4.79 Å². The Morgan fingerprint density at radius 1 is 1.35 bits per heavy atom. The maximum absolute atomic E-state index is 12.1. The minimum atomic E-state index is -0.0935. The molecule has 0 saturated carbocycles. The van der Waals surface area contributed by atoms with Gasteiger partial charge in [0.25, 0.3) is 0 Å². The van der Waals surface area contributed by atoms with Crippen molar-refractivity contribution in [3.63, 3.8) is 0 Å². The number of carbonyl (C=O) groups excluding carboxylic acids is 1. The van der Waals surface area contributed by atoms with E-state index in [2.05, 4.69) is 50.2 Å². The maximum Gasteiger partial charge on any atom is 0.234 e. The summed E-state index contributed by atoms with van der Waals surface area (Å²) in [6, 6.07) is 0.612. The van der Waals surface area contributed by atoms with Gasteiger partial charge in [0.2, 0.25) is 5.91 Å². The van der Waals surface area contributed by atoms with Gasteiger partial charge in [-0.05, 0) is 45.6 Å². The predicted octanol–water partition coefficient (Wildman–Crippen LogP) is 2.00. The van der Waals surface area contributed by atoms with Gasteiger partial charge in [-0.3, -0.25) is 9.69 Å². The van der Waals surface area contributed by atoms with Crippen molar-refractivity contribution in [1.29, 1.82) is 0 Å². The third-order valence-corrected chi connectivity index (χ3v) is 4.37. The molecule has 1 amide bonds. The van der Waals surface area contributed by atoms with Gasteiger partial charge in [0, 0.05) is 24.7 Å². The summed E-state index contributed by atoms with van der Waals surface area (Å²) in [5.41, 5.74) is -0.0935. The van der Waals surface area contributed by atoms with Gasteiger partial charge in [-0.2, -0.15) is 0 Å². The van der Waals surface area contributed by atoms with Crippen LogP contribution in [-0.4, -0.2) is 48.6 Å². The lowest BCUT2D eigenvalue weighted by molar-refractivity contribution is -0.124. The number of hydrogen-bond donors (Lipinski definition) is 2. The standard InChI is InChI=1S/C16H33N3O/c1-6-9-17-14-8-10-19(11-13(14)3)12-15(20)18-16(4,5)7-2/h13-14,17H,6-12H2,1-5H3,(H,18,20). The van der Waals surface area contributed by atoms with Crippen LogP contribution < -0.4 is 10.6 Å². The molecule has 0 aromatic carbocycles. The number of hydrogen-bond acceptors (Lipinski definition) is 3. The monoisotopic (exact) mass is 283 g/mol. The number of nitrogens with zero attached hydrogens (tertiary/aromatic N) is 1. The number of piperidine rings is 1. The fraction of sp³-hybridized carbons (Fsp3) is 0.938. The Hall–Kier alpha value is -0.610. The van der Waals surface area contributed by atoms with Crippen molar-refractivity contribution in [1.82, 2.24) is 15.5 Å². The quantitative estimate of drug-likeness (QED) is 0.751. The van der Waals surface area contributed by atoms with Crippen molar-refractivity contribution >= 4 is 5.91 Å². The van der Waals surface area contributed by atoms with Crippen LogP contribution in [0.1, 0.15) is 53.9 Å². The molecule has 118 valence electrons. The van der Waals surface area contributed by atoms with E-state index in [1.54, 1.807) is 0 Å². The second kappa shape index (κ2) is 7.99. The van der Waals surface area contributed by atoms with E-state index in [0.717, 1.165) is 32.5 Å². The van der Waals surface area contributed by atoms with E-state index in [1.807, 2.05) is 0 Å². The van der Waals surface area contributed by atoms with Gasteiger partial charge in [-0.1, -0.05) is 20.8 Å². The van der Waals surface area contributed by atoms with E-state index in [-0.39, 0.29) is 11.4 Å². The molecule has 4 nitrogen and oxygen atoms in total. The van der Waals surface area contributed by atoms with Crippen molar-refractivity contribution in [3.05, 3.63) is 0 Å². The molecule has 1 fully saturated rings. The molecule has 20 heavy (non-hydrogen) atoms. The first-order valence-corrected chi connectivity index (χ1v) is 8.14. The lowest BCUT2D eigenvalue weighted by Crippen LogP contribution is -2.52. The summed E-state index contributed by atoms with van der Waals surface area (Å²) in [5, 5.41) is 6.73. The Morgan fingerprint density at radius 3 is 2.60 bits per heavy atom. The molecule has 1 aliphatic rings. The van der Waals surface area contributed by atoms with Crippen molar-refractivity contribution in [2.75, 3.05) is 26.2 Å². The summed E-state index contributed by atoms with van der Waals surface area (Å²) in [7, 11) is 0. The summed E-state index contributed by atoms with van der Waals surface area (Å²) < 4.78 is 0. The van der Waals surface area contributed by atoms with Crippen molar-refractivity contribution in [2.45, 2.75) is 65.5 Å². The highest BCUT2D eigenvalue weighted by molar-refractivity contribution is 5.78.